The van der Waals surface area contributed by atoms with E-state index in [1.165, 1.54) is 19.3 Å². The normalized spacial score (nSPS) is 26.8. The smallest absolute Gasteiger partial charge is 0.326 e. The Kier molecular flexibility index (Phi) is 7.52. The van der Waals surface area contributed by atoms with Crippen molar-refractivity contribution < 1.29 is 9.53 Å². The van der Waals surface area contributed by atoms with Gasteiger partial charge in [-0.3, -0.25) is 4.79 Å². The second-order valence-electron chi connectivity index (χ2n) is 5.84. The molecule has 0 saturated heterocycles. The lowest BCUT2D eigenvalue weighted by Crippen LogP contribution is -2.58. The van der Waals surface area contributed by atoms with E-state index in [9.17, 15) is 4.79 Å². The molecule has 0 aromatic heterocycles. The van der Waals surface area contributed by atoms with Crippen LogP contribution in [0.5, 0.6) is 0 Å². The molecule has 4 nitrogen and oxygen atoms in total. The van der Waals surface area contributed by atoms with E-state index in [0.29, 0.717) is 12.6 Å². The van der Waals surface area contributed by atoms with Crippen molar-refractivity contribution in [3.05, 3.63) is 0 Å². The van der Waals surface area contributed by atoms with E-state index in [2.05, 4.69) is 24.1 Å². The number of nitrogens with zero attached hydrogens (tertiary/aromatic N) is 1. The first-order valence-corrected chi connectivity index (χ1v) is 8.23. The first-order chi connectivity index (χ1) is 9.63. The molecule has 1 N–H and O–H groups in total. The van der Waals surface area contributed by atoms with Gasteiger partial charge in [0.05, 0.1) is 6.61 Å². The zero-order valence-corrected chi connectivity index (χ0v) is 13.7. The van der Waals surface area contributed by atoms with Gasteiger partial charge in [0.2, 0.25) is 0 Å². The second-order valence-corrected chi connectivity index (χ2v) is 5.84. The third-order valence-electron chi connectivity index (χ3n) is 4.41. The van der Waals surface area contributed by atoms with E-state index in [0.717, 1.165) is 32.4 Å². The van der Waals surface area contributed by atoms with Crippen molar-refractivity contribution in [1.29, 1.82) is 0 Å². The fourth-order valence-corrected chi connectivity index (χ4v) is 3.39. The third kappa shape index (κ3) is 4.19. The van der Waals surface area contributed by atoms with Gasteiger partial charge in [-0.25, -0.2) is 0 Å². The van der Waals surface area contributed by atoms with Crippen molar-refractivity contribution in [3.63, 3.8) is 0 Å². The molecule has 4 heteroatoms. The van der Waals surface area contributed by atoms with Gasteiger partial charge >= 0.3 is 5.97 Å². The topological polar surface area (TPSA) is 41.6 Å². The largest absolute Gasteiger partial charge is 0.465 e. The summed E-state index contributed by atoms with van der Waals surface area (Å²) in [4.78, 5) is 14.9. The molecule has 2 atom stereocenters. The Hall–Kier alpha value is -0.610. The molecule has 0 spiro atoms. The molecule has 0 aromatic rings. The van der Waals surface area contributed by atoms with Gasteiger partial charge in [0.15, 0.2) is 0 Å². The lowest BCUT2D eigenvalue weighted by molar-refractivity contribution is -0.153. The quantitative estimate of drug-likeness (QED) is 0.696. The number of ether oxygens (including phenoxy) is 1. The van der Waals surface area contributed by atoms with E-state index in [-0.39, 0.29) is 5.97 Å². The molecule has 0 radical (unpaired) electrons. The SMILES string of the molecule is CCCN(CCC)C1CCCC(NC)(C(=O)OCC)C1. The third-order valence-corrected chi connectivity index (χ3v) is 4.41. The number of likely N-dealkylation sites (N-methyl/N-ethyl adjacent to an activating group) is 1. The highest BCUT2D eigenvalue weighted by Gasteiger charge is 2.43. The lowest BCUT2D eigenvalue weighted by Gasteiger charge is -2.43. The Morgan fingerprint density at radius 3 is 2.45 bits per heavy atom. The fourth-order valence-electron chi connectivity index (χ4n) is 3.39. The maximum atomic E-state index is 12.3. The Balaban J connectivity index is 2.78. The molecule has 1 aliphatic rings. The van der Waals surface area contributed by atoms with Crippen LogP contribution in [0.3, 0.4) is 0 Å². The molecule has 0 heterocycles. The molecule has 1 saturated carbocycles. The van der Waals surface area contributed by atoms with Crippen molar-refractivity contribution in [2.45, 2.75) is 70.9 Å². The summed E-state index contributed by atoms with van der Waals surface area (Å²) in [5.41, 5.74) is -0.474. The standard InChI is InChI=1S/C16H32N2O2/c1-5-11-18(12-6-2)14-9-8-10-16(13-14,17-4)15(19)20-7-3/h14,17H,5-13H2,1-4H3. The van der Waals surface area contributed by atoms with Gasteiger partial charge in [0.1, 0.15) is 5.54 Å². The summed E-state index contributed by atoms with van der Waals surface area (Å²) in [6, 6.07) is 0.500. The highest BCUT2D eigenvalue weighted by Crippen LogP contribution is 2.32. The van der Waals surface area contributed by atoms with Gasteiger partial charge in [0.25, 0.3) is 0 Å². The molecular weight excluding hydrogens is 252 g/mol. The number of esters is 1. The number of carbonyl (C=O) groups is 1. The summed E-state index contributed by atoms with van der Waals surface area (Å²) < 4.78 is 5.30. The van der Waals surface area contributed by atoms with Gasteiger partial charge in [-0.2, -0.15) is 0 Å². The molecule has 0 amide bonds. The molecule has 1 fully saturated rings. The van der Waals surface area contributed by atoms with Gasteiger partial charge in [-0.05, 0) is 65.6 Å². The lowest BCUT2D eigenvalue weighted by atomic mass is 9.78. The Bertz CT molecular complexity index is 290. The summed E-state index contributed by atoms with van der Waals surface area (Å²) in [6.07, 6.45) is 6.40. The summed E-state index contributed by atoms with van der Waals surface area (Å²) in [5, 5.41) is 3.27. The van der Waals surface area contributed by atoms with Crippen molar-refractivity contribution in [3.8, 4) is 0 Å². The van der Waals surface area contributed by atoms with E-state index in [1.54, 1.807) is 0 Å². The average Bonchev–Trinajstić information content (AvgIpc) is 2.47. The molecule has 1 rings (SSSR count). The van der Waals surface area contributed by atoms with Crippen molar-refractivity contribution >= 4 is 5.97 Å². The van der Waals surface area contributed by atoms with Crippen LogP contribution in [0, 0.1) is 0 Å². The molecular formula is C16H32N2O2. The summed E-state index contributed by atoms with van der Waals surface area (Å²) in [6.45, 7) is 9.04. The predicted octanol–water partition coefficient (Wildman–Crippen LogP) is 2.57. The summed E-state index contributed by atoms with van der Waals surface area (Å²) in [7, 11) is 1.89. The molecule has 20 heavy (non-hydrogen) atoms. The maximum absolute atomic E-state index is 12.3. The minimum absolute atomic E-state index is 0.0693. The van der Waals surface area contributed by atoms with Crippen LogP contribution in [-0.2, 0) is 9.53 Å². The monoisotopic (exact) mass is 284 g/mol. The molecule has 0 bridgehead atoms. The van der Waals surface area contributed by atoms with E-state index >= 15 is 0 Å². The highest BCUT2D eigenvalue weighted by atomic mass is 16.5. The van der Waals surface area contributed by atoms with E-state index in [4.69, 9.17) is 4.74 Å². The minimum atomic E-state index is -0.474. The zero-order chi connectivity index (χ0) is 15.0. The molecule has 0 aromatic carbocycles. The van der Waals surface area contributed by atoms with Gasteiger partial charge < -0.3 is 15.0 Å². The van der Waals surface area contributed by atoms with Crippen LogP contribution in [0.15, 0.2) is 0 Å². The van der Waals surface area contributed by atoms with Crippen LogP contribution < -0.4 is 5.32 Å². The number of rotatable bonds is 8. The van der Waals surface area contributed by atoms with Crippen LogP contribution in [0.2, 0.25) is 0 Å². The predicted molar refractivity (Wildman–Crippen MR) is 82.8 cm³/mol. The Morgan fingerprint density at radius 2 is 1.95 bits per heavy atom. The molecule has 118 valence electrons. The van der Waals surface area contributed by atoms with Crippen molar-refractivity contribution in [1.82, 2.24) is 10.2 Å². The summed E-state index contributed by atoms with van der Waals surface area (Å²) >= 11 is 0. The second kappa shape index (κ2) is 8.63. The molecule has 1 aliphatic carbocycles. The van der Waals surface area contributed by atoms with Gasteiger partial charge in [0, 0.05) is 6.04 Å². The Labute approximate surface area is 124 Å². The Morgan fingerprint density at radius 1 is 1.30 bits per heavy atom. The van der Waals surface area contributed by atoms with Crippen molar-refractivity contribution in [2.75, 3.05) is 26.7 Å². The molecule has 2 unspecified atom stereocenters. The van der Waals surface area contributed by atoms with Crippen LogP contribution in [0.4, 0.5) is 0 Å². The first kappa shape index (κ1) is 17.4. The number of hydrogen-bond acceptors (Lipinski definition) is 4. The minimum Gasteiger partial charge on any atom is -0.465 e. The number of nitrogens with one attached hydrogen (secondary N) is 1. The van der Waals surface area contributed by atoms with Crippen LogP contribution in [0.25, 0.3) is 0 Å². The van der Waals surface area contributed by atoms with E-state index in [1.807, 2.05) is 14.0 Å². The van der Waals surface area contributed by atoms with E-state index < -0.39 is 5.54 Å². The zero-order valence-electron chi connectivity index (χ0n) is 13.7. The molecule has 0 aliphatic heterocycles. The van der Waals surface area contributed by atoms with Crippen LogP contribution in [0.1, 0.15) is 59.3 Å². The number of carbonyl (C=O) groups excluding carboxylic acids is 1. The highest BCUT2D eigenvalue weighted by molar-refractivity contribution is 5.81. The van der Waals surface area contributed by atoms with Gasteiger partial charge in [-0.15, -0.1) is 0 Å². The van der Waals surface area contributed by atoms with Crippen LogP contribution in [-0.4, -0.2) is 49.2 Å². The summed E-state index contributed by atoms with van der Waals surface area (Å²) in [5.74, 6) is -0.0693. The number of hydrogen-bond donors (Lipinski definition) is 1. The van der Waals surface area contributed by atoms with Crippen molar-refractivity contribution in [2.24, 2.45) is 0 Å². The fraction of sp³-hybridized carbons (Fsp3) is 0.938. The first-order valence-electron chi connectivity index (χ1n) is 8.23. The average molecular weight is 284 g/mol. The van der Waals surface area contributed by atoms with Crippen LogP contribution >= 0.6 is 0 Å². The maximum Gasteiger partial charge on any atom is 0.326 e. The van der Waals surface area contributed by atoms with Gasteiger partial charge in [-0.1, -0.05) is 13.8 Å².